The maximum atomic E-state index is 5.94. The zero-order chi connectivity index (χ0) is 17.8. The van der Waals surface area contributed by atoms with E-state index in [0.717, 1.165) is 39.1 Å². The van der Waals surface area contributed by atoms with E-state index < -0.39 is 0 Å². The summed E-state index contributed by atoms with van der Waals surface area (Å²) in [6.07, 6.45) is 0. The van der Waals surface area contributed by atoms with Crippen LogP contribution in [0.1, 0.15) is 5.56 Å². The van der Waals surface area contributed by atoms with Gasteiger partial charge >= 0.3 is 0 Å². The predicted molar refractivity (Wildman–Crippen MR) is 109 cm³/mol. The monoisotopic (exact) mass is 358 g/mol. The Labute approximate surface area is 156 Å². The van der Waals surface area contributed by atoms with Gasteiger partial charge in [-0.2, -0.15) is 0 Å². The number of ether oxygens (including phenoxy) is 1. The smallest absolute Gasteiger partial charge is 0.187 e. The van der Waals surface area contributed by atoms with Crippen molar-refractivity contribution >= 4 is 22.2 Å². The van der Waals surface area contributed by atoms with Crippen molar-refractivity contribution in [2.24, 2.45) is 0 Å². The minimum Gasteiger partial charge on any atom is -0.457 e. The molecule has 0 atom stereocenters. The molecule has 3 nitrogen and oxygen atoms in total. The zero-order valence-electron chi connectivity index (χ0n) is 14.3. The fourth-order valence-corrected chi connectivity index (χ4v) is 3.34. The van der Waals surface area contributed by atoms with Gasteiger partial charge in [-0.3, -0.25) is 0 Å². The highest BCUT2D eigenvalue weighted by Gasteiger charge is 2.05. The molecule has 0 fully saturated rings. The second kappa shape index (κ2) is 7.42. The third-order valence-electron chi connectivity index (χ3n) is 4.00. The number of benzene rings is 3. The van der Waals surface area contributed by atoms with E-state index in [4.69, 9.17) is 4.74 Å². The second-order valence-electron chi connectivity index (χ2n) is 5.92. The van der Waals surface area contributed by atoms with Gasteiger partial charge in [0.25, 0.3) is 0 Å². The van der Waals surface area contributed by atoms with Gasteiger partial charge in [0.1, 0.15) is 11.5 Å². The van der Waals surface area contributed by atoms with Gasteiger partial charge in [-0.1, -0.05) is 48.5 Å². The van der Waals surface area contributed by atoms with Crippen molar-refractivity contribution in [2.45, 2.75) is 6.92 Å². The molecule has 0 spiro atoms. The molecular weight excluding hydrogens is 340 g/mol. The first-order valence-electron chi connectivity index (χ1n) is 8.39. The lowest BCUT2D eigenvalue weighted by Gasteiger charge is -2.09. The SMILES string of the molecule is Cc1ccccc1Oc1ccc(Nc2nc(-c3ccccc3)cs2)cc1. The van der Waals surface area contributed by atoms with Crippen LogP contribution in [0.25, 0.3) is 11.3 Å². The molecule has 4 rings (SSSR count). The van der Waals surface area contributed by atoms with Crippen LogP contribution in [-0.2, 0) is 0 Å². The molecule has 0 aliphatic carbocycles. The Balaban J connectivity index is 1.45. The number of hydrogen-bond donors (Lipinski definition) is 1. The van der Waals surface area contributed by atoms with Crippen molar-refractivity contribution in [3.63, 3.8) is 0 Å². The highest BCUT2D eigenvalue weighted by atomic mass is 32.1. The molecule has 0 amide bonds. The van der Waals surface area contributed by atoms with Crippen LogP contribution >= 0.6 is 11.3 Å². The summed E-state index contributed by atoms with van der Waals surface area (Å²) in [4.78, 5) is 4.65. The van der Waals surface area contributed by atoms with Crippen molar-refractivity contribution in [3.8, 4) is 22.8 Å². The number of nitrogens with one attached hydrogen (secondary N) is 1. The molecule has 0 aliphatic rings. The number of aryl methyl sites for hydroxylation is 1. The van der Waals surface area contributed by atoms with Crippen molar-refractivity contribution < 1.29 is 4.74 Å². The summed E-state index contributed by atoms with van der Waals surface area (Å²) < 4.78 is 5.94. The summed E-state index contributed by atoms with van der Waals surface area (Å²) in [5.41, 5.74) is 4.21. The number of thiazole rings is 1. The van der Waals surface area contributed by atoms with Gasteiger partial charge in [-0.05, 0) is 42.8 Å². The fraction of sp³-hybridized carbons (Fsp3) is 0.0455. The Kier molecular flexibility index (Phi) is 4.67. The summed E-state index contributed by atoms with van der Waals surface area (Å²) in [5.74, 6) is 1.69. The largest absolute Gasteiger partial charge is 0.457 e. The van der Waals surface area contributed by atoms with Crippen LogP contribution in [0.2, 0.25) is 0 Å². The average molecular weight is 358 g/mol. The number of hydrogen-bond acceptors (Lipinski definition) is 4. The minimum absolute atomic E-state index is 0.814. The number of aromatic nitrogens is 1. The Bertz CT molecular complexity index is 994. The molecule has 1 aromatic heterocycles. The van der Waals surface area contributed by atoms with Gasteiger partial charge in [-0.15, -0.1) is 11.3 Å². The van der Waals surface area contributed by atoms with Crippen molar-refractivity contribution in [1.29, 1.82) is 0 Å². The van der Waals surface area contributed by atoms with E-state index in [-0.39, 0.29) is 0 Å². The van der Waals surface area contributed by atoms with Crippen LogP contribution in [-0.4, -0.2) is 4.98 Å². The summed E-state index contributed by atoms with van der Waals surface area (Å²) >= 11 is 1.59. The first-order valence-corrected chi connectivity index (χ1v) is 9.27. The highest BCUT2D eigenvalue weighted by molar-refractivity contribution is 7.14. The summed E-state index contributed by atoms with van der Waals surface area (Å²) in [6.45, 7) is 2.04. The summed E-state index contributed by atoms with van der Waals surface area (Å²) in [6, 6.07) is 26.1. The van der Waals surface area contributed by atoms with Crippen LogP contribution in [0.4, 0.5) is 10.8 Å². The molecule has 0 radical (unpaired) electrons. The summed E-state index contributed by atoms with van der Waals surface area (Å²) in [7, 11) is 0. The van der Waals surface area contributed by atoms with E-state index in [1.54, 1.807) is 11.3 Å². The van der Waals surface area contributed by atoms with Crippen molar-refractivity contribution in [3.05, 3.63) is 89.8 Å². The average Bonchev–Trinajstić information content (AvgIpc) is 3.14. The fourth-order valence-electron chi connectivity index (χ4n) is 2.60. The molecular formula is C22H18N2OS. The molecule has 0 bridgehead atoms. The van der Waals surface area contributed by atoms with Gasteiger partial charge in [0, 0.05) is 16.6 Å². The molecule has 0 saturated carbocycles. The Morgan fingerprint density at radius 2 is 1.58 bits per heavy atom. The minimum atomic E-state index is 0.814. The number of nitrogens with zero attached hydrogens (tertiary/aromatic N) is 1. The molecule has 0 aliphatic heterocycles. The molecule has 0 unspecified atom stereocenters. The van der Waals surface area contributed by atoms with Crippen LogP contribution in [0.15, 0.2) is 84.2 Å². The van der Waals surface area contributed by atoms with Crippen LogP contribution in [0.5, 0.6) is 11.5 Å². The predicted octanol–water partition coefficient (Wildman–Crippen LogP) is 6.65. The molecule has 1 heterocycles. The summed E-state index contributed by atoms with van der Waals surface area (Å²) in [5, 5.41) is 6.28. The molecule has 0 saturated heterocycles. The first-order chi connectivity index (χ1) is 12.8. The topological polar surface area (TPSA) is 34.1 Å². The quantitative estimate of drug-likeness (QED) is 0.433. The lowest BCUT2D eigenvalue weighted by molar-refractivity contribution is 0.479. The third kappa shape index (κ3) is 3.76. The number of rotatable bonds is 5. The Hall–Kier alpha value is -3.11. The van der Waals surface area contributed by atoms with Crippen LogP contribution in [0.3, 0.4) is 0 Å². The Morgan fingerprint density at radius 3 is 2.35 bits per heavy atom. The number of anilines is 2. The first kappa shape index (κ1) is 16.4. The molecule has 4 heteroatoms. The van der Waals surface area contributed by atoms with Crippen LogP contribution < -0.4 is 10.1 Å². The molecule has 4 aromatic rings. The third-order valence-corrected chi connectivity index (χ3v) is 4.76. The lowest BCUT2D eigenvalue weighted by atomic mass is 10.2. The van der Waals surface area contributed by atoms with Crippen LogP contribution in [0, 0.1) is 6.92 Å². The standard InChI is InChI=1S/C22H18N2OS/c1-16-7-5-6-10-21(16)25-19-13-11-18(12-14-19)23-22-24-20(15-26-22)17-8-3-2-4-9-17/h2-15H,1H3,(H,23,24). The van der Waals surface area contributed by atoms with E-state index in [2.05, 4.69) is 27.8 Å². The normalized spacial score (nSPS) is 10.5. The lowest BCUT2D eigenvalue weighted by Crippen LogP contribution is -1.91. The molecule has 3 aromatic carbocycles. The molecule has 1 N–H and O–H groups in total. The van der Waals surface area contributed by atoms with E-state index in [1.807, 2.05) is 73.7 Å². The van der Waals surface area contributed by atoms with E-state index in [1.165, 1.54) is 0 Å². The van der Waals surface area contributed by atoms with Gasteiger partial charge in [0.2, 0.25) is 0 Å². The molecule has 128 valence electrons. The van der Waals surface area contributed by atoms with Gasteiger partial charge in [0.15, 0.2) is 5.13 Å². The van der Waals surface area contributed by atoms with E-state index >= 15 is 0 Å². The zero-order valence-corrected chi connectivity index (χ0v) is 15.2. The van der Waals surface area contributed by atoms with E-state index in [9.17, 15) is 0 Å². The van der Waals surface area contributed by atoms with E-state index in [0.29, 0.717) is 0 Å². The van der Waals surface area contributed by atoms with Crippen molar-refractivity contribution in [1.82, 2.24) is 4.98 Å². The molecule has 26 heavy (non-hydrogen) atoms. The van der Waals surface area contributed by atoms with Gasteiger partial charge < -0.3 is 10.1 Å². The maximum Gasteiger partial charge on any atom is 0.187 e. The Morgan fingerprint density at radius 1 is 0.846 bits per heavy atom. The van der Waals surface area contributed by atoms with Gasteiger partial charge in [-0.25, -0.2) is 4.98 Å². The van der Waals surface area contributed by atoms with Gasteiger partial charge in [0.05, 0.1) is 5.69 Å². The number of para-hydroxylation sites is 1. The van der Waals surface area contributed by atoms with Crippen molar-refractivity contribution in [2.75, 3.05) is 5.32 Å². The maximum absolute atomic E-state index is 5.94. The second-order valence-corrected chi connectivity index (χ2v) is 6.78. The highest BCUT2D eigenvalue weighted by Crippen LogP contribution is 2.29.